The number of carbonyl (C=O) groups is 1. The Morgan fingerprint density at radius 3 is 2.88 bits per heavy atom. The van der Waals surface area contributed by atoms with Crippen molar-refractivity contribution >= 4 is 17.2 Å². The van der Waals surface area contributed by atoms with E-state index in [0.29, 0.717) is 12.1 Å². The third kappa shape index (κ3) is 3.12. The van der Waals surface area contributed by atoms with Crippen molar-refractivity contribution in [3.63, 3.8) is 0 Å². The summed E-state index contributed by atoms with van der Waals surface area (Å²) in [7, 11) is 0. The fourth-order valence-electron chi connectivity index (χ4n) is 1.56. The first kappa shape index (κ1) is 11.8. The van der Waals surface area contributed by atoms with Gasteiger partial charge in [0.05, 0.1) is 5.51 Å². The normalized spacial score (nSPS) is 10.4. The van der Waals surface area contributed by atoms with Crippen LogP contribution in [0.3, 0.4) is 0 Å². The topological polar surface area (TPSA) is 68.0 Å². The summed E-state index contributed by atoms with van der Waals surface area (Å²) in [6.07, 6.45) is 1.83. The van der Waals surface area contributed by atoms with Gasteiger partial charge in [0.25, 0.3) is 0 Å². The Labute approximate surface area is 103 Å². The number of amides is 1. The number of aromatic nitrogens is 1. The number of nitrogens with two attached hydrogens (primary N) is 1. The lowest BCUT2D eigenvalue weighted by atomic mass is 10.1. The van der Waals surface area contributed by atoms with Gasteiger partial charge in [0.2, 0.25) is 5.91 Å². The number of thiazole rings is 1. The molecule has 0 aliphatic heterocycles. The van der Waals surface area contributed by atoms with E-state index in [4.69, 9.17) is 5.73 Å². The van der Waals surface area contributed by atoms with E-state index in [2.05, 4.69) is 10.3 Å². The summed E-state index contributed by atoms with van der Waals surface area (Å²) in [6, 6.07) is 7.36. The number of benzene rings is 1. The Morgan fingerprint density at radius 1 is 1.35 bits per heavy atom. The van der Waals surface area contributed by atoms with Crippen molar-refractivity contribution in [2.75, 3.05) is 0 Å². The molecule has 88 valence electrons. The van der Waals surface area contributed by atoms with E-state index >= 15 is 0 Å². The Bertz CT molecular complexity index is 496. The summed E-state index contributed by atoms with van der Waals surface area (Å²) >= 11 is 1.60. The Kier molecular flexibility index (Phi) is 3.85. The van der Waals surface area contributed by atoms with Crippen LogP contribution in [0.4, 0.5) is 0 Å². The van der Waals surface area contributed by atoms with Crippen molar-refractivity contribution in [2.45, 2.75) is 13.1 Å². The van der Waals surface area contributed by atoms with Gasteiger partial charge in [0.1, 0.15) is 0 Å². The van der Waals surface area contributed by atoms with Crippen LogP contribution in [0.5, 0.6) is 0 Å². The maximum atomic E-state index is 11.2. The lowest BCUT2D eigenvalue weighted by molar-refractivity contribution is 0.0999. The molecule has 0 aliphatic carbocycles. The molecule has 17 heavy (non-hydrogen) atoms. The van der Waals surface area contributed by atoms with E-state index in [1.807, 2.05) is 24.4 Å². The van der Waals surface area contributed by atoms with Gasteiger partial charge in [-0.3, -0.25) is 9.78 Å². The van der Waals surface area contributed by atoms with Crippen LogP contribution in [0.2, 0.25) is 0 Å². The second-order valence-electron chi connectivity index (χ2n) is 3.59. The van der Waals surface area contributed by atoms with Crippen LogP contribution in [0.1, 0.15) is 20.8 Å². The van der Waals surface area contributed by atoms with Crippen LogP contribution < -0.4 is 11.1 Å². The molecule has 0 unspecified atom stereocenters. The van der Waals surface area contributed by atoms with Crippen LogP contribution >= 0.6 is 11.3 Å². The molecule has 0 aliphatic rings. The molecular formula is C12H13N3OS. The van der Waals surface area contributed by atoms with Crippen molar-refractivity contribution in [3.05, 3.63) is 52.0 Å². The van der Waals surface area contributed by atoms with E-state index in [0.717, 1.165) is 12.1 Å². The first-order valence-electron chi connectivity index (χ1n) is 5.23. The van der Waals surface area contributed by atoms with E-state index in [-0.39, 0.29) is 5.91 Å². The van der Waals surface area contributed by atoms with Crippen molar-refractivity contribution < 1.29 is 4.79 Å². The fourth-order valence-corrected chi connectivity index (χ4v) is 2.13. The van der Waals surface area contributed by atoms with E-state index in [1.54, 1.807) is 22.9 Å². The number of rotatable bonds is 5. The van der Waals surface area contributed by atoms with Crippen LogP contribution in [-0.4, -0.2) is 10.9 Å². The molecule has 0 spiro atoms. The Morgan fingerprint density at radius 2 is 2.18 bits per heavy atom. The number of hydrogen-bond acceptors (Lipinski definition) is 4. The summed E-state index contributed by atoms with van der Waals surface area (Å²) in [5, 5.41) is 3.26. The lowest BCUT2D eigenvalue weighted by Gasteiger charge is -2.07. The van der Waals surface area contributed by atoms with Crippen LogP contribution in [0.25, 0.3) is 0 Å². The highest BCUT2D eigenvalue weighted by Crippen LogP contribution is 2.09. The van der Waals surface area contributed by atoms with Crippen LogP contribution in [-0.2, 0) is 13.1 Å². The monoisotopic (exact) mass is 247 g/mol. The van der Waals surface area contributed by atoms with Gasteiger partial charge >= 0.3 is 0 Å². The molecule has 1 aromatic heterocycles. The largest absolute Gasteiger partial charge is 0.366 e. The van der Waals surface area contributed by atoms with Gasteiger partial charge < -0.3 is 11.1 Å². The summed E-state index contributed by atoms with van der Waals surface area (Å²) in [5.41, 5.74) is 8.60. The molecule has 0 fully saturated rings. The first-order chi connectivity index (χ1) is 8.27. The molecule has 3 N–H and O–H groups in total. The Balaban J connectivity index is 1.97. The number of primary amides is 1. The third-order valence-corrected chi connectivity index (χ3v) is 3.16. The molecule has 1 amide bonds. The van der Waals surface area contributed by atoms with Crippen molar-refractivity contribution in [1.82, 2.24) is 10.3 Å². The van der Waals surface area contributed by atoms with Gasteiger partial charge in [-0.05, 0) is 11.6 Å². The predicted molar refractivity (Wildman–Crippen MR) is 67.6 cm³/mol. The SMILES string of the molecule is NC(=O)c1ccccc1CNCc1cncs1. The van der Waals surface area contributed by atoms with Gasteiger partial charge in [-0.1, -0.05) is 18.2 Å². The highest BCUT2D eigenvalue weighted by molar-refractivity contribution is 7.09. The Hall–Kier alpha value is -1.72. The zero-order valence-electron chi connectivity index (χ0n) is 9.22. The number of hydrogen-bond donors (Lipinski definition) is 2. The van der Waals surface area contributed by atoms with E-state index < -0.39 is 0 Å². The molecular weight excluding hydrogens is 234 g/mol. The average Bonchev–Trinajstić information content (AvgIpc) is 2.82. The standard InChI is InChI=1S/C12H13N3OS/c13-12(16)11-4-2-1-3-9(11)5-14-6-10-7-15-8-17-10/h1-4,7-8,14H,5-6H2,(H2,13,16). The minimum atomic E-state index is -0.389. The van der Waals surface area contributed by atoms with Gasteiger partial charge in [-0.2, -0.15) is 0 Å². The molecule has 2 aromatic rings. The second-order valence-corrected chi connectivity index (χ2v) is 4.56. The number of nitrogens with zero attached hydrogens (tertiary/aromatic N) is 1. The third-order valence-electron chi connectivity index (χ3n) is 2.38. The summed E-state index contributed by atoms with van der Waals surface area (Å²) in [4.78, 5) is 16.4. The molecule has 0 saturated heterocycles. The fraction of sp³-hybridized carbons (Fsp3) is 0.167. The number of carbonyl (C=O) groups excluding carboxylic acids is 1. The lowest BCUT2D eigenvalue weighted by Crippen LogP contribution is -2.18. The maximum Gasteiger partial charge on any atom is 0.249 e. The molecule has 0 saturated carbocycles. The van der Waals surface area contributed by atoms with Gasteiger partial charge in [-0.25, -0.2) is 0 Å². The van der Waals surface area contributed by atoms with Crippen molar-refractivity contribution in [3.8, 4) is 0 Å². The molecule has 5 heteroatoms. The van der Waals surface area contributed by atoms with E-state index in [9.17, 15) is 4.79 Å². The smallest absolute Gasteiger partial charge is 0.249 e. The van der Waals surface area contributed by atoms with E-state index in [1.165, 1.54) is 4.88 Å². The van der Waals surface area contributed by atoms with Gasteiger partial charge in [0.15, 0.2) is 0 Å². The molecule has 1 heterocycles. The first-order valence-corrected chi connectivity index (χ1v) is 6.11. The maximum absolute atomic E-state index is 11.2. The number of nitrogens with one attached hydrogen (secondary N) is 1. The average molecular weight is 247 g/mol. The highest BCUT2D eigenvalue weighted by Gasteiger charge is 2.06. The minimum Gasteiger partial charge on any atom is -0.366 e. The summed E-state index contributed by atoms with van der Waals surface area (Å²) in [6.45, 7) is 1.37. The predicted octanol–water partition coefficient (Wildman–Crippen LogP) is 1.53. The minimum absolute atomic E-state index is 0.389. The summed E-state index contributed by atoms with van der Waals surface area (Å²) in [5.74, 6) is -0.389. The van der Waals surface area contributed by atoms with Crippen LogP contribution in [0, 0.1) is 0 Å². The zero-order valence-corrected chi connectivity index (χ0v) is 10.0. The highest BCUT2D eigenvalue weighted by atomic mass is 32.1. The molecule has 2 rings (SSSR count). The molecule has 4 nitrogen and oxygen atoms in total. The molecule has 1 aromatic carbocycles. The summed E-state index contributed by atoms with van der Waals surface area (Å²) < 4.78 is 0. The quantitative estimate of drug-likeness (QED) is 0.842. The van der Waals surface area contributed by atoms with Crippen LogP contribution in [0.15, 0.2) is 36.0 Å². The van der Waals surface area contributed by atoms with Gasteiger partial charge in [-0.15, -0.1) is 11.3 Å². The van der Waals surface area contributed by atoms with Crippen molar-refractivity contribution in [1.29, 1.82) is 0 Å². The molecule has 0 atom stereocenters. The van der Waals surface area contributed by atoms with Gasteiger partial charge in [0, 0.05) is 29.7 Å². The van der Waals surface area contributed by atoms with Crippen molar-refractivity contribution in [2.24, 2.45) is 5.73 Å². The zero-order chi connectivity index (χ0) is 12.1. The second kappa shape index (κ2) is 5.56. The molecule has 0 bridgehead atoms. The molecule has 0 radical (unpaired) electrons.